The summed E-state index contributed by atoms with van der Waals surface area (Å²) in [7, 11) is 0. The summed E-state index contributed by atoms with van der Waals surface area (Å²) in [6, 6.07) is 5.81. The fourth-order valence-electron chi connectivity index (χ4n) is 1.23. The van der Waals surface area contributed by atoms with Gasteiger partial charge in [0.15, 0.2) is 0 Å². The first-order valence-corrected chi connectivity index (χ1v) is 4.54. The van der Waals surface area contributed by atoms with Crippen molar-refractivity contribution >= 4 is 0 Å². The number of hydrogen-bond donors (Lipinski definition) is 2. The highest BCUT2D eigenvalue weighted by Crippen LogP contribution is 2.20. The molecule has 0 saturated carbocycles. The maximum Gasteiger partial charge on any atom is 0.387 e. The molecule has 0 aromatic heterocycles. The highest BCUT2D eigenvalue weighted by atomic mass is 19.3. The van der Waals surface area contributed by atoms with E-state index >= 15 is 0 Å². The number of aliphatic hydroxyl groups excluding tert-OH is 1. The van der Waals surface area contributed by atoms with Crippen LogP contribution in [0.25, 0.3) is 0 Å². The zero-order valence-corrected chi connectivity index (χ0v) is 8.07. The Morgan fingerprint density at radius 1 is 1.40 bits per heavy atom. The largest absolute Gasteiger partial charge is 0.435 e. The van der Waals surface area contributed by atoms with E-state index in [4.69, 9.17) is 10.8 Å². The number of hydrogen-bond acceptors (Lipinski definition) is 3. The SMILES string of the molecule is N[C@H](CCO)c1cccc(OC(F)F)c1. The third kappa shape index (κ3) is 3.81. The number of rotatable bonds is 5. The zero-order valence-electron chi connectivity index (χ0n) is 8.07. The Balaban J connectivity index is 2.73. The summed E-state index contributed by atoms with van der Waals surface area (Å²) < 4.78 is 28.0. The minimum Gasteiger partial charge on any atom is -0.435 e. The Hall–Kier alpha value is -1.20. The van der Waals surface area contributed by atoms with Gasteiger partial charge in [0.05, 0.1) is 0 Å². The molecule has 1 rings (SSSR count). The number of alkyl halides is 2. The first-order valence-electron chi connectivity index (χ1n) is 4.54. The number of ether oxygens (including phenoxy) is 1. The second kappa shape index (κ2) is 5.63. The lowest BCUT2D eigenvalue weighted by atomic mass is 10.1. The molecule has 0 bridgehead atoms. The summed E-state index contributed by atoms with van der Waals surface area (Å²) in [5, 5.41) is 8.68. The number of aliphatic hydroxyl groups is 1. The van der Waals surface area contributed by atoms with Crippen molar-refractivity contribution in [3.8, 4) is 5.75 Å². The molecule has 0 aliphatic carbocycles. The van der Waals surface area contributed by atoms with Crippen molar-refractivity contribution in [2.75, 3.05) is 6.61 Å². The third-order valence-electron chi connectivity index (χ3n) is 1.95. The average Bonchev–Trinajstić information content (AvgIpc) is 2.17. The lowest BCUT2D eigenvalue weighted by Gasteiger charge is -2.12. The van der Waals surface area contributed by atoms with E-state index < -0.39 is 6.61 Å². The fourth-order valence-corrected chi connectivity index (χ4v) is 1.23. The van der Waals surface area contributed by atoms with E-state index in [1.807, 2.05) is 0 Å². The van der Waals surface area contributed by atoms with E-state index in [9.17, 15) is 8.78 Å². The van der Waals surface area contributed by atoms with Crippen molar-refractivity contribution in [1.29, 1.82) is 0 Å². The molecule has 1 aromatic rings. The van der Waals surface area contributed by atoms with Crippen LogP contribution in [0.4, 0.5) is 8.78 Å². The van der Waals surface area contributed by atoms with Gasteiger partial charge in [0.2, 0.25) is 0 Å². The highest BCUT2D eigenvalue weighted by molar-refractivity contribution is 5.30. The summed E-state index contributed by atoms with van der Waals surface area (Å²) in [5.41, 5.74) is 6.37. The van der Waals surface area contributed by atoms with Crippen LogP contribution in [0.2, 0.25) is 0 Å². The highest BCUT2D eigenvalue weighted by Gasteiger charge is 2.08. The van der Waals surface area contributed by atoms with Crippen molar-refractivity contribution in [2.45, 2.75) is 19.1 Å². The summed E-state index contributed by atoms with van der Waals surface area (Å²) in [6.45, 7) is -2.88. The second-order valence-electron chi connectivity index (χ2n) is 3.07. The first kappa shape index (κ1) is 11.9. The summed E-state index contributed by atoms with van der Waals surface area (Å²) >= 11 is 0. The van der Waals surface area contributed by atoms with Crippen molar-refractivity contribution in [2.24, 2.45) is 5.73 Å². The van der Waals surface area contributed by atoms with Crippen LogP contribution >= 0.6 is 0 Å². The van der Waals surface area contributed by atoms with Gasteiger partial charge in [0, 0.05) is 12.6 Å². The summed E-state index contributed by atoms with van der Waals surface area (Å²) in [5.74, 6) is 0.0795. The van der Waals surface area contributed by atoms with Gasteiger partial charge in [-0.05, 0) is 24.1 Å². The van der Waals surface area contributed by atoms with Gasteiger partial charge in [-0.3, -0.25) is 0 Å². The summed E-state index contributed by atoms with van der Waals surface area (Å²) in [4.78, 5) is 0. The monoisotopic (exact) mass is 217 g/mol. The molecule has 0 heterocycles. The van der Waals surface area contributed by atoms with E-state index in [2.05, 4.69) is 4.74 Å². The Kier molecular flexibility index (Phi) is 4.45. The molecular formula is C10H13F2NO2. The Morgan fingerprint density at radius 2 is 2.13 bits per heavy atom. The summed E-state index contributed by atoms with van der Waals surface area (Å²) in [6.07, 6.45) is 0.387. The van der Waals surface area contributed by atoms with Crippen molar-refractivity contribution in [3.63, 3.8) is 0 Å². The van der Waals surface area contributed by atoms with Gasteiger partial charge >= 0.3 is 6.61 Å². The minimum atomic E-state index is -2.84. The molecule has 5 heteroatoms. The lowest BCUT2D eigenvalue weighted by Crippen LogP contribution is -2.12. The Bertz CT molecular complexity index is 307. The topological polar surface area (TPSA) is 55.5 Å². The van der Waals surface area contributed by atoms with E-state index in [1.54, 1.807) is 12.1 Å². The second-order valence-corrected chi connectivity index (χ2v) is 3.07. The van der Waals surface area contributed by atoms with Crippen LogP contribution in [-0.4, -0.2) is 18.3 Å². The van der Waals surface area contributed by atoms with Gasteiger partial charge in [-0.25, -0.2) is 0 Å². The van der Waals surface area contributed by atoms with Crippen LogP contribution < -0.4 is 10.5 Å². The standard InChI is InChI=1S/C10H13F2NO2/c11-10(12)15-8-3-1-2-7(6-8)9(13)4-5-14/h1-3,6,9-10,14H,4-5,13H2/t9-/m1/s1. The minimum absolute atomic E-state index is 0.0406. The molecule has 0 spiro atoms. The zero-order chi connectivity index (χ0) is 11.3. The van der Waals surface area contributed by atoms with E-state index in [-0.39, 0.29) is 18.4 Å². The van der Waals surface area contributed by atoms with Crippen LogP contribution in [0.5, 0.6) is 5.75 Å². The van der Waals surface area contributed by atoms with E-state index in [1.165, 1.54) is 12.1 Å². The molecular weight excluding hydrogens is 204 g/mol. The normalized spacial score (nSPS) is 12.9. The number of benzene rings is 1. The van der Waals surface area contributed by atoms with Gasteiger partial charge in [0.25, 0.3) is 0 Å². The molecule has 3 N–H and O–H groups in total. The molecule has 0 unspecified atom stereocenters. The predicted octanol–water partition coefficient (Wildman–Crippen LogP) is 1.67. The van der Waals surface area contributed by atoms with Crippen LogP contribution in [0, 0.1) is 0 Å². The smallest absolute Gasteiger partial charge is 0.387 e. The fraction of sp³-hybridized carbons (Fsp3) is 0.400. The first-order chi connectivity index (χ1) is 7.13. The van der Waals surface area contributed by atoms with E-state index in [0.29, 0.717) is 12.0 Å². The number of halogens is 2. The van der Waals surface area contributed by atoms with Gasteiger partial charge in [-0.1, -0.05) is 12.1 Å². The van der Waals surface area contributed by atoms with Crippen LogP contribution in [0.3, 0.4) is 0 Å². The molecule has 0 aliphatic rings. The molecule has 0 radical (unpaired) electrons. The van der Waals surface area contributed by atoms with Gasteiger partial charge in [-0.15, -0.1) is 0 Å². The van der Waals surface area contributed by atoms with Crippen molar-refractivity contribution in [3.05, 3.63) is 29.8 Å². The lowest BCUT2D eigenvalue weighted by molar-refractivity contribution is -0.0499. The van der Waals surface area contributed by atoms with Crippen LogP contribution in [-0.2, 0) is 0 Å². The van der Waals surface area contributed by atoms with Crippen LogP contribution in [0.15, 0.2) is 24.3 Å². The van der Waals surface area contributed by atoms with Crippen molar-refractivity contribution < 1.29 is 18.6 Å². The maximum absolute atomic E-state index is 11.9. The maximum atomic E-state index is 11.9. The van der Waals surface area contributed by atoms with Gasteiger partial charge in [0.1, 0.15) is 5.75 Å². The van der Waals surface area contributed by atoms with Gasteiger partial charge in [-0.2, -0.15) is 8.78 Å². The molecule has 15 heavy (non-hydrogen) atoms. The molecule has 84 valence electrons. The van der Waals surface area contributed by atoms with E-state index in [0.717, 1.165) is 0 Å². The molecule has 0 aliphatic heterocycles. The molecule has 0 fully saturated rings. The third-order valence-corrected chi connectivity index (χ3v) is 1.95. The average molecular weight is 217 g/mol. The van der Waals surface area contributed by atoms with Crippen LogP contribution in [0.1, 0.15) is 18.0 Å². The molecule has 0 saturated heterocycles. The molecule has 1 aromatic carbocycles. The molecule has 1 atom stereocenters. The molecule has 0 amide bonds. The van der Waals surface area contributed by atoms with Gasteiger partial charge < -0.3 is 15.6 Å². The Labute approximate surface area is 86.5 Å². The van der Waals surface area contributed by atoms with Crippen molar-refractivity contribution in [1.82, 2.24) is 0 Å². The number of nitrogens with two attached hydrogens (primary N) is 1. The Morgan fingerprint density at radius 3 is 2.73 bits per heavy atom. The molecule has 3 nitrogen and oxygen atoms in total. The predicted molar refractivity (Wildman–Crippen MR) is 51.7 cm³/mol. The quantitative estimate of drug-likeness (QED) is 0.788.